The Morgan fingerprint density at radius 2 is 1.62 bits per heavy atom. The number of piperidine rings is 1. The Morgan fingerprint density at radius 3 is 2.28 bits per heavy atom. The predicted octanol–water partition coefficient (Wildman–Crippen LogP) is 3.93. The van der Waals surface area contributed by atoms with Gasteiger partial charge in [0.15, 0.2) is 5.11 Å². The first kappa shape index (κ1) is 22.2. The zero-order chi connectivity index (χ0) is 22.4. The molecule has 1 aliphatic heterocycles. The fraction of sp³-hybridized carbons (Fsp3) is 0.261. The highest BCUT2D eigenvalue weighted by molar-refractivity contribution is 7.92. The highest BCUT2D eigenvalue weighted by Gasteiger charge is 2.21. The minimum absolute atomic E-state index is 0.0338. The summed E-state index contributed by atoms with van der Waals surface area (Å²) in [4.78, 5) is 10.1. The van der Waals surface area contributed by atoms with Gasteiger partial charge in [-0.25, -0.2) is 23.1 Å². The van der Waals surface area contributed by atoms with E-state index in [0.29, 0.717) is 11.0 Å². The summed E-state index contributed by atoms with van der Waals surface area (Å²) in [5, 5.41) is 3.88. The summed E-state index contributed by atoms with van der Waals surface area (Å²) < 4.78 is 27.4. The van der Waals surface area contributed by atoms with Crippen molar-refractivity contribution in [3.05, 3.63) is 78.6 Å². The number of anilines is 2. The average Bonchev–Trinajstić information content (AvgIpc) is 2.81. The van der Waals surface area contributed by atoms with Gasteiger partial charge in [0.1, 0.15) is 0 Å². The van der Waals surface area contributed by atoms with Gasteiger partial charge in [-0.2, -0.15) is 0 Å². The molecule has 0 unspecified atom stereocenters. The third-order valence-corrected chi connectivity index (χ3v) is 7.18. The summed E-state index contributed by atoms with van der Waals surface area (Å²) in [5.74, 6) is 0.702. The number of aromatic nitrogens is 2. The van der Waals surface area contributed by atoms with Gasteiger partial charge in [-0.1, -0.05) is 30.3 Å². The SMILES string of the molecule is O=S(=O)(Nc1ncccn1)c1ccc(NC(=S)N2CCC(Cc3ccccc3)CC2)cc1. The van der Waals surface area contributed by atoms with E-state index >= 15 is 0 Å². The highest BCUT2D eigenvalue weighted by Crippen LogP contribution is 2.23. The van der Waals surface area contributed by atoms with Crippen LogP contribution in [-0.4, -0.2) is 41.5 Å². The number of thiocarbonyl (C=S) groups is 1. The minimum atomic E-state index is -3.76. The molecule has 0 spiro atoms. The molecule has 0 bridgehead atoms. The number of benzene rings is 2. The average molecular weight is 468 g/mol. The summed E-state index contributed by atoms with van der Waals surface area (Å²) in [6, 6.07) is 18.7. The lowest BCUT2D eigenvalue weighted by Crippen LogP contribution is -2.41. The quantitative estimate of drug-likeness (QED) is 0.531. The number of nitrogens with one attached hydrogen (secondary N) is 2. The van der Waals surface area contributed by atoms with E-state index in [9.17, 15) is 8.42 Å². The van der Waals surface area contributed by atoms with Crippen LogP contribution in [0, 0.1) is 5.92 Å². The molecule has 9 heteroatoms. The fourth-order valence-electron chi connectivity index (χ4n) is 3.74. The van der Waals surface area contributed by atoms with Gasteiger partial charge < -0.3 is 10.2 Å². The Kier molecular flexibility index (Phi) is 6.96. The zero-order valence-corrected chi connectivity index (χ0v) is 19.1. The molecule has 1 aromatic heterocycles. The van der Waals surface area contributed by atoms with Crippen LogP contribution in [0.3, 0.4) is 0 Å². The third kappa shape index (κ3) is 5.80. The highest BCUT2D eigenvalue weighted by atomic mass is 32.2. The van der Waals surface area contributed by atoms with Crippen LogP contribution >= 0.6 is 12.2 Å². The molecule has 1 fully saturated rings. The second kappa shape index (κ2) is 10.1. The monoisotopic (exact) mass is 467 g/mol. The number of rotatable bonds is 6. The molecule has 0 atom stereocenters. The van der Waals surface area contributed by atoms with Crippen LogP contribution in [0.5, 0.6) is 0 Å². The van der Waals surface area contributed by atoms with Crippen molar-refractivity contribution in [3.63, 3.8) is 0 Å². The Morgan fingerprint density at radius 1 is 0.969 bits per heavy atom. The first-order valence-corrected chi connectivity index (χ1v) is 12.4. The molecule has 1 aliphatic rings. The summed E-state index contributed by atoms with van der Waals surface area (Å²) >= 11 is 5.59. The number of sulfonamides is 1. The van der Waals surface area contributed by atoms with Gasteiger partial charge in [0.2, 0.25) is 5.95 Å². The molecule has 2 aromatic carbocycles. The van der Waals surface area contributed by atoms with Crippen molar-refractivity contribution in [1.82, 2.24) is 14.9 Å². The molecule has 4 rings (SSSR count). The molecule has 0 amide bonds. The summed E-state index contributed by atoms with van der Waals surface area (Å²) in [5.41, 5.74) is 2.13. The fourth-order valence-corrected chi connectivity index (χ4v) is 5.00. The Balaban J connectivity index is 1.29. The van der Waals surface area contributed by atoms with E-state index in [4.69, 9.17) is 12.2 Å². The van der Waals surface area contributed by atoms with E-state index in [1.807, 2.05) is 6.07 Å². The number of hydrogen-bond acceptors (Lipinski definition) is 5. The molecular weight excluding hydrogens is 442 g/mol. The zero-order valence-electron chi connectivity index (χ0n) is 17.5. The van der Waals surface area contributed by atoms with Gasteiger partial charge in [0, 0.05) is 31.2 Å². The Labute approximate surface area is 194 Å². The van der Waals surface area contributed by atoms with Crippen LogP contribution in [0.2, 0.25) is 0 Å². The van der Waals surface area contributed by atoms with Gasteiger partial charge in [-0.05, 0) is 73.3 Å². The largest absolute Gasteiger partial charge is 0.349 e. The Hall–Kier alpha value is -3.04. The van der Waals surface area contributed by atoms with Crippen molar-refractivity contribution < 1.29 is 8.42 Å². The lowest BCUT2D eigenvalue weighted by molar-refractivity contribution is 0.268. The molecule has 2 heterocycles. The van der Waals surface area contributed by atoms with E-state index in [1.54, 1.807) is 18.2 Å². The van der Waals surface area contributed by atoms with Crippen molar-refractivity contribution in [1.29, 1.82) is 0 Å². The summed E-state index contributed by atoms with van der Waals surface area (Å²) in [6.07, 6.45) is 6.25. The number of hydrogen-bond donors (Lipinski definition) is 2. The second-order valence-corrected chi connectivity index (χ2v) is 9.82. The van der Waals surface area contributed by atoms with E-state index in [0.717, 1.165) is 38.0 Å². The van der Waals surface area contributed by atoms with Crippen LogP contribution < -0.4 is 10.0 Å². The van der Waals surface area contributed by atoms with Crippen LogP contribution in [-0.2, 0) is 16.4 Å². The molecule has 1 saturated heterocycles. The van der Waals surface area contributed by atoms with Crippen LogP contribution in [0.15, 0.2) is 78.0 Å². The smallest absolute Gasteiger partial charge is 0.264 e. The first-order chi connectivity index (χ1) is 15.5. The maximum Gasteiger partial charge on any atom is 0.264 e. The molecule has 2 N–H and O–H groups in total. The predicted molar refractivity (Wildman–Crippen MR) is 130 cm³/mol. The lowest BCUT2D eigenvalue weighted by atomic mass is 9.90. The maximum absolute atomic E-state index is 12.5. The molecule has 7 nitrogen and oxygen atoms in total. The number of likely N-dealkylation sites (tertiary alicyclic amines) is 1. The van der Waals surface area contributed by atoms with Gasteiger partial charge >= 0.3 is 0 Å². The topological polar surface area (TPSA) is 87.2 Å². The van der Waals surface area contributed by atoms with E-state index in [1.165, 1.54) is 30.1 Å². The van der Waals surface area contributed by atoms with Gasteiger partial charge in [0.25, 0.3) is 10.0 Å². The van der Waals surface area contributed by atoms with Crippen LogP contribution in [0.4, 0.5) is 11.6 Å². The van der Waals surface area contributed by atoms with Gasteiger partial charge in [-0.3, -0.25) is 0 Å². The molecule has 166 valence electrons. The van der Waals surface area contributed by atoms with E-state index in [2.05, 4.69) is 49.2 Å². The van der Waals surface area contributed by atoms with E-state index in [-0.39, 0.29) is 10.8 Å². The van der Waals surface area contributed by atoms with Crippen molar-refractivity contribution in [2.45, 2.75) is 24.2 Å². The van der Waals surface area contributed by atoms with E-state index < -0.39 is 10.0 Å². The van der Waals surface area contributed by atoms with Crippen LogP contribution in [0.1, 0.15) is 18.4 Å². The lowest BCUT2D eigenvalue weighted by Gasteiger charge is -2.34. The molecule has 3 aromatic rings. The van der Waals surface area contributed by atoms with Crippen molar-refractivity contribution >= 4 is 39.0 Å². The van der Waals surface area contributed by atoms with Crippen LogP contribution in [0.25, 0.3) is 0 Å². The van der Waals surface area contributed by atoms with Crippen molar-refractivity contribution in [2.75, 3.05) is 23.1 Å². The first-order valence-electron chi connectivity index (χ1n) is 10.5. The molecule has 0 saturated carbocycles. The standard InChI is InChI=1S/C23H25N5O2S2/c29-32(30,27-22-24-13-4-14-25-22)21-9-7-20(8-10-21)26-23(31)28-15-11-19(12-16-28)17-18-5-2-1-3-6-18/h1-10,13-14,19H,11-12,15-17H2,(H,26,31)(H,24,25,27). The van der Waals surface area contributed by atoms with Crippen molar-refractivity contribution in [2.24, 2.45) is 5.92 Å². The normalized spacial score (nSPS) is 14.7. The molecule has 32 heavy (non-hydrogen) atoms. The maximum atomic E-state index is 12.5. The summed E-state index contributed by atoms with van der Waals surface area (Å²) in [7, 11) is -3.76. The van der Waals surface area contributed by atoms with Crippen molar-refractivity contribution in [3.8, 4) is 0 Å². The number of nitrogens with zero attached hydrogens (tertiary/aromatic N) is 3. The second-order valence-electron chi connectivity index (χ2n) is 7.75. The van der Waals surface area contributed by atoms with Gasteiger partial charge in [-0.15, -0.1) is 0 Å². The molecular formula is C23H25N5O2S2. The third-order valence-electron chi connectivity index (χ3n) is 5.48. The van der Waals surface area contributed by atoms with Gasteiger partial charge in [0.05, 0.1) is 4.90 Å². The molecule has 0 radical (unpaired) electrons. The Bertz CT molecular complexity index is 1130. The minimum Gasteiger partial charge on any atom is -0.349 e. The molecule has 0 aliphatic carbocycles. The summed E-state index contributed by atoms with van der Waals surface area (Å²) in [6.45, 7) is 1.83.